The fourth-order valence-corrected chi connectivity index (χ4v) is 6.53. The average molecular weight is 835 g/mol. The summed E-state index contributed by atoms with van der Waals surface area (Å²) in [6.45, 7) is 6.33. The lowest BCUT2D eigenvalue weighted by Gasteiger charge is -2.18. The zero-order chi connectivity index (χ0) is 43.7. The molecule has 1 atom stereocenters. The van der Waals surface area contributed by atoms with Gasteiger partial charge in [-0.25, -0.2) is 0 Å². The Hall–Kier alpha value is -3.41. The molecule has 0 bridgehead atoms. The van der Waals surface area contributed by atoms with Crippen molar-refractivity contribution in [3.05, 3.63) is 85.1 Å². The molecule has 0 N–H and O–H groups in total. The molecule has 0 aromatic heterocycles. The molecule has 0 saturated carbocycles. The number of carbonyl (C=O) groups excluding carboxylic acids is 3. The summed E-state index contributed by atoms with van der Waals surface area (Å²) in [5, 5.41) is 0. The zero-order valence-corrected chi connectivity index (χ0v) is 38.9. The molecule has 0 fully saturated rings. The Bertz CT molecular complexity index is 1190. The predicted octanol–water partition coefficient (Wildman–Crippen LogP) is 16.0. The average Bonchev–Trinajstić information content (AvgIpc) is 3.24. The zero-order valence-electron chi connectivity index (χ0n) is 38.9. The van der Waals surface area contributed by atoms with Gasteiger partial charge in [-0.15, -0.1) is 0 Å². The van der Waals surface area contributed by atoms with Gasteiger partial charge in [0.25, 0.3) is 0 Å². The number of allylic oxidation sites excluding steroid dienone is 14. The van der Waals surface area contributed by atoms with Gasteiger partial charge >= 0.3 is 17.9 Å². The fourth-order valence-electron chi connectivity index (χ4n) is 6.53. The van der Waals surface area contributed by atoms with Crippen LogP contribution >= 0.6 is 0 Å². The molecular formula is C54H90O6. The summed E-state index contributed by atoms with van der Waals surface area (Å²) in [6, 6.07) is 0. The van der Waals surface area contributed by atoms with Crippen molar-refractivity contribution in [2.75, 3.05) is 13.2 Å². The van der Waals surface area contributed by atoms with Gasteiger partial charge in [-0.2, -0.15) is 0 Å². The van der Waals surface area contributed by atoms with Gasteiger partial charge in [0.2, 0.25) is 0 Å². The summed E-state index contributed by atoms with van der Waals surface area (Å²) >= 11 is 0. The topological polar surface area (TPSA) is 78.9 Å². The fraction of sp³-hybridized carbons (Fsp3) is 0.685. The van der Waals surface area contributed by atoms with E-state index in [0.29, 0.717) is 19.3 Å². The van der Waals surface area contributed by atoms with Crippen molar-refractivity contribution in [1.29, 1.82) is 0 Å². The van der Waals surface area contributed by atoms with Crippen LogP contribution in [0.15, 0.2) is 85.1 Å². The maximum atomic E-state index is 12.8. The quantitative estimate of drug-likeness (QED) is 0.0263. The van der Waals surface area contributed by atoms with Crippen molar-refractivity contribution in [1.82, 2.24) is 0 Å². The highest BCUT2D eigenvalue weighted by atomic mass is 16.6. The summed E-state index contributed by atoms with van der Waals surface area (Å²) in [7, 11) is 0. The maximum absolute atomic E-state index is 12.8. The molecule has 0 aliphatic rings. The van der Waals surface area contributed by atoms with Crippen LogP contribution in [-0.4, -0.2) is 37.2 Å². The summed E-state index contributed by atoms with van der Waals surface area (Å²) in [5.41, 5.74) is 0. The first-order chi connectivity index (χ1) is 29.5. The summed E-state index contributed by atoms with van der Waals surface area (Å²) in [5.74, 6) is -1.000. The smallest absolute Gasteiger partial charge is 0.306 e. The molecule has 6 nitrogen and oxygen atoms in total. The van der Waals surface area contributed by atoms with Crippen LogP contribution in [-0.2, 0) is 28.6 Å². The van der Waals surface area contributed by atoms with Crippen LogP contribution in [0.3, 0.4) is 0 Å². The molecule has 0 rings (SSSR count). The number of hydrogen-bond donors (Lipinski definition) is 0. The van der Waals surface area contributed by atoms with Gasteiger partial charge in [0.1, 0.15) is 13.2 Å². The predicted molar refractivity (Wildman–Crippen MR) is 256 cm³/mol. The third-order valence-corrected chi connectivity index (χ3v) is 10.2. The standard InChI is InChI=1S/C54H90O6/c1-4-7-10-13-16-19-22-25-27-28-30-32-35-38-41-44-47-53(56)59-50-51(49-58-52(55)46-43-40-37-34-31-24-21-18-15-12-9-6-3)60-54(57)48-45-42-39-36-33-29-26-23-20-17-14-11-8-5-2/h7-8,10-11,16-17,19-20,25,27,30,32,38,41,51H,4-6,9,12-15,18,21-24,26,28-29,31,33-37,39-40,42-50H2,1-3H3/b10-7-,11-8-,19-16-,20-17-,27-25-,32-30-,41-38-. The molecule has 0 aromatic carbocycles. The highest BCUT2D eigenvalue weighted by molar-refractivity contribution is 5.71. The first-order valence-electron chi connectivity index (χ1n) is 24.6. The van der Waals surface area contributed by atoms with E-state index in [1.165, 1.54) is 83.5 Å². The highest BCUT2D eigenvalue weighted by Crippen LogP contribution is 2.14. The molecule has 0 aliphatic heterocycles. The van der Waals surface area contributed by atoms with E-state index in [1.54, 1.807) is 0 Å². The molecule has 6 heteroatoms. The minimum absolute atomic E-state index is 0.102. The Kier molecular flexibility index (Phi) is 45.5. The third-order valence-electron chi connectivity index (χ3n) is 10.2. The molecule has 0 radical (unpaired) electrons. The molecular weight excluding hydrogens is 745 g/mol. The van der Waals surface area contributed by atoms with Gasteiger partial charge in [0, 0.05) is 19.3 Å². The Balaban J connectivity index is 4.50. The second-order valence-electron chi connectivity index (χ2n) is 16.0. The minimum atomic E-state index is -0.808. The van der Waals surface area contributed by atoms with Crippen LogP contribution in [0.25, 0.3) is 0 Å². The first-order valence-corrected chi connectivity index (χ1v) is 24.6. The van der Waals surface area contributed by atoms with Crippen LogP contribution in [0, 0.1) is 0 Å². The lowest BCUT2D eigenvalue weighted by Crippen LogP contribution is -2.30. The van der Waals surface area contributed by atoms with Crippen molar-refractivity contribution >= 4 is 17.9 Å². The maximum Gasteiger partial charge on any atom is 0.306 e. The summed E-state index contributed by atoms with van der Waals surface area (Å²) in [4.78, 5) is 37.9. The van der Waals surface area contributed by atoms with Crippen LogP contribution in [0.2, 0.25) is 0 Å². The van der Waals surface area contributed by atoms with Gasteiger partial charge in [-0.05, 0) is 77.0 Å². The van der Waals surface area contributed by atoms with Crippen LogP contribution < -0.4 is 0 Å². The molecule has 1 unspecified atom stereocenters. The van der Waals surface area contributed by atoms with Gasteiger partial charge in [0.15, 0.2) is 6.10 Å². The number of unbranched alkanes of at least 4 members (excludes halogenated alkanes) is 18. The molecule has 342 valence electrons. The molecule has 0 heterocycles. The van der Waals surface area contributed by atoms with Crippen LogP contribution in [0.4, 0.5) is 0 Å². The third kappa shape index (κ3) is 45.7. The number of ether oxygens (including phenoxy) is 3. The van der Waals surface area contributed by atoms with Crippen molar-refractivity contribution in [3.8, 4) is 0 Å². The van der Waals surface area contributed by atoms with Crippen LogP contribution in [0.1, 0.15) is 220 Å². The Morgan fingerprint density at radius 3 is 1.12 bits per heavy atom. The van der Waals surface area contributed by atoms with Crippen molar-refractivity contribution < 1.29 is 28.6 Å². The molecule has 0 amide bonds. The lowest BCUT2D eigenvalue weighted by atomic mass is 10.0. The van der Waals surface area contributed by atoms with Gasteiger partial charge in [0.05, 0.1) is 0 Å². The van der Waals surface area contributed by atoms with Crippen molar-refractivity contribution in [2.45, 2.75) is 226 Å². The number of carbonyl (C=O) groups is 3. The van der Waals surface area contributed by atoms with E-state index in [9.17, 15) is 14.4 Å². The first kappa shape index (κ1) is 56.6. The monoisotopic (exact) mass is 835 g/mol. The second kappa shape index (κ2) is 48.3. The molecule has 0 spiro atoms. The van der Waals surface area contributed by atoms with Crippen LogP contribution in [0.5, 0.6) is 0 Å². The lowest BCUT2D eigenvalue weighted by molar-refractivity contribution is -0.166. The van der Waals surface area contributed by atoms with E-state index in [4.69, 9.17) is 14.2 Å². The van der Waals surface area contributed by atoms with Gasteiger partial charge in [-0.1, -0.05) is 209 Å². The Labute approximate surface area is 369 Å². The normalized spacial score (nSPS) is 12.8. The molecule has 0 aliphatic carbocycles. The highest BCUT2D eigenvalue weighted by Gasteiger charge is 2.19. The summed E-state index contributed by atoms with van der Waals surface area (Å²) in [6.07, 6.45) is 61.5. The van der Waals surface area contributed by atoms with Gasteiger partial charge in [-0.3, -0.25) is 14.4 Å². The SMILES string of the molecule is CC/C=C\C/C=C\C/C=C\C/C=C\C/C=C\CCC(=O)OCC(COC(=O)CCCCCCCCCCCCCC)OC(=O)CCCCCCCCC/C=C\C/C=C\CC. The molecule has 0 saturated heterocycles. The summed E-state index contributed by atoms with van der Waals surface area (Å²) < 4.78 is 16.7. The number of esters is 3. The van der Waals surface area contributed by atoms with Crippen molar-refractivity contribution in [2.24, 2.45) is 0 Å². The minimum Gasteiger partial charge on any atom is -0.462 e. The Morgan fingerprint density at radius 1 is 0.350 bits per heavy atom. The van der Waals surface area contributed by atoms with Gasteiger partial charge < -0.3 is 14.2 Å². The largest absolute Gasteiger partial charge is 0.462 e. The van der Waals surface area contributed by atoms with E-state index in [-0.39, 0.29) is 37.5 Å². The van der Waals surface area contributed by atoms with E-state index < -0.39 is 6.10 Å². The van der Waals surface area contributed by atoms with E-state index in [1.807, 2.05) is 12.2 Å². The van der Waals surface area contributed by atoms with E-state index >= 15 is 0 Å². The number of rotatable bonds is 43. The molecule has 60 heavy (non-hydrogen) atoms. The van der Waals surface area contributed by atoms with E-state index in [2.05, 4.69) is 93.7 Å². The van der Waals surface area contributed by atoms with E-state index in [0.717, 1.165) is 89.9 Å². The number of hydrogen-bond acceptors (Lipinski definition) is 6. The second-order valence-corrected chi connectivity index (χ2v) is 16.0. The van der Waals surface area contributed by atoms with Crippen molar-refractivity contribution in [3.63, 3.8) is 0 Å². The molecule has 0 aromatic rings. The Morgan fingerprint density at radius 2 is 0.683 bits per heavy atom.